The number of nitrogens with one attached hydrogen (secondary N) is 2. The fourth-order valence-corrected chi connectivity index (χ4v) is 3.83. The van der Waals surface area contributed by atoms with Crippen molar-refractivity contribution in [2.45, 2.75) is 59.4 Å². The Balaban J connectivity index is 1.84. The van der Waals surface area contributed by atoms with E-state index in [-0.39, 0.29) is 0 Å². The van der Waals surface area contributed by atoms with Crippen LogP contribution in [0.2, 0.25) is 0 Å². The summed E-state index contributed by atoms with van der Waals surface area (Å²) in [5.74, 6) is 1.11. The molecule has 0 unspecified atom stereocenters. The molecule has 7 nitrogen and oxygen atoms in total. The molecule has 0 aliphatic heterocycles. The first-order valence-corrected chi connectivity index (χ1v) is 11.2. The van der Waals surface area contributed by atoms with Crippen LogP contribution in [0.1, 0.15) is 45.7 Å². The second-order valence-corrected chi connectivity index (χ2v) is 8.52. The van der Waals surface area contributed by atoms with Gasteiger partial charge in [0.25, 0.3) is 0 Å². The van der Waals surface area contributed by atoms with Crippen LogP contribution in [0.4, 0.5) is 24.9 Å². The SMILES string of the molecule is CCNc1nc(NCCN(C(C)C)C(C)C)c2ncn(Cc3ccc(C(F)(F)F)cc3)c2n1. The fraction of sp³-hybridized carbons (Fsp3) is 0.522. The third-order valence-electron chi connectivity index (χ3n) is 5.42. The van der Waals surface area contributed by atoms with Crippen LogP contribution in [0.5, 0.6) is 0 Å². The van der Waals surface area contributed by atoms with Crippen LogP contribution in [0.3, 0.4) is 0 Å². The van der Waals surface area contributed by atoms with Crippen molar-refractivity contribution >= 4 is 22.9 Å². The highest BCUT2D eigenvalue weighted by molar-refractivity contribution is 5.84. The van der Waals surface area contributed by atoms with E-state index >= 15 is 0 Å². The van der Waals surface area contributed by atoms with Gasteiger partial charge in [-0.3, -0.25) is 4.90 Å². The minimum atomic E-state index is -4.35. The van der Waals surface area contributed by atoms with E-state index in [9.17, 15) is 13.2 Å². The second kappa shape index (κ2) is 10.4. The maximum Gasteiger partial charge on any atom is 0.416 e. The minimum Gasteiger partial charge on any atom is -0.367 e. The predicted octanol–water partition coefficient (Wildman–Crippen LogP) is 4.86. The second-order valence-electron chi connectivity index (χ2n) is 8.52. The van der Waals surface area contributed by atoms with Crippen molar-refractivity contribution in [3.05, 3.63) is 41.7 Å². The highest BCUT2D eigenvalue weighted by Crippen LogP contribution is 2.29. The summed E-state index contributed by atoms with van der Waals surface area (Å²) in [6, 6.07) is 6.00. The van der Waals surface area contributed by atoms with Crippen LogP contribution in [-0.2, 0) is 12.7 Å². The van der Waals surface area contributed by atoms with Gasteiger partial charge in [0.2, 0.25) is 5.95 Å². The lowest BCUT2D eigenvalue weighted by Gasteiger charge is -2.30. The molecule has 0 radical (unpaired) electrons. The van der Waals surface area contributed by atoms with Gasteiger partial charge >= 0.3 is 6.18 Å². The molecule has 0 amide bonds. The normalized spacial score (nSPS) is 12.3. The number of anilines is 2. The lowest BCUT2D eigenvalue weighted by Crippen LogP contribution is -2.40. The summed E-state index contributed by atoms with van der Waals surface area (Å²) in [7, 11) is 0. The third kappa shape index (κ3) is 6.13. The van der Waals surface area contributed by atoms with E-state index in [1.165, 1.54) is 12.1 Å². The molecule has 0 bridgehead atoms. The number of rotatable bonds is 10. The number of hydrogen-bond donors (Lipinski definition) is 2. The Hall–Kier alpha value is -2.88. The summed E-state index contributed by atoms with van der Waals surface area (Å²) in [6.45, 7) is 13.2. The van der Waals surface area contributed by atoms with Crippen molar-refractivity contribution in [3.63, 3.8) is 0 Å². The number of aromatic nitrogens is 4. The number of alkyl halides is 3. The molecule has 0 saturated heterocycles. The van der Waals surface area contributed by atoms with Crippen LogP contribution >= 0.6 is 0 Å². The molecular weight excluding hydrogens is 431 g/mol. The molecular formula is C23H32F3N7. The molecule has 0 aliphatic rings. The van der Waals surface area contributed by atoms with Crippen molar-refractivity contribution in [1.29, 1.82) is 0 Å². The lowest BCUT2D eigenvalue weighted by atomic mass is 10.1. The van der Waals surface area contributed by atoms with Gasteiger partial charge in [0.15, 0.2) is 17.0 Å². The third-order valence-corrected chi connectivity index (χ3v) is 5.42. The van der Waals surface area contributed by atoms with Crippen molar-refractivity contribution in [2.24, 2.45) is 0 Å². The molecule has 33 heavy (non-hydrogen) atoms. The molecule has 180 valence electrons. The molecule has 0 spiro atoms. The monoisotopic (exact) mass is 463 g/mol. The first kappa shape index (κ1) is 24.8. The zero-order valence-corrected chi connectivity index (χ0v) is 19.7. The van der Waals surface area contributed by atoms with E-state index in [0.29, 0.717) is 54.6 Å². The number of hydrogen-bond acceptors (Lipinski definition) is 6. The summed E-state index contributed by atoms with van der Waals surface area (Å²) >= 11 is 0. The largest absolute Gasteiger partial charge is 0.416 e. The van der Waals surface area contributed by atoms with E-state index in [1.807, 2.05) is 11.5 Å². The standard InChI is InChI=1S/C23H32F3N7/c1-6-27-22-30-20(28-11-12-33(15(2)3)16(4)5)19-21(31-22)32(14-29-19)13-17-7-9-18(10-8-17)23(24,25)26/h7-10,14-16H,6,11-13H2,1-5H3,(H2,27,28,30,31). The van der Waals surface area contributed by atoms with Crippen LogP contribution in [0.25, 0.3) is 11.2 Å². The van der Waals surface area contributed by atoms with Crippen LogP contribution in [0, 0.1) is 0 Å². The molecule has 1 aromatic carbocycles. The van der Waals surface area contributed by atoms with E-state index in [0.717, 1.165) is 24.2 Å². The summed E-state index contributed by atoms with van der Waals surface area (Å²) < 4.78 is 40.4. The Morgan fingerprint density at radius 2 is 1.67 bits per heavy atom. The number of fused-ring (bicyclic) bond motifs is 1. The summed E-state index contributed by atoms with van der Waals surface area (Å²) in [5.41, 5.74) is 1.31. The number of halogens is 3. The molecule has 2 heterocycles. The zero-order chi connectivity index (χ0) is 24.2. The van der Waals surface area contributed by atoms with Crippen LogP contribution in [0.15, 0.2) is 30.6 Å². The smallest absolute Gasteiger partial charge is 0.367 e. The lowest BCUT2D eigenvalue weighted by molar-refractivity contribution is -0.137. The van der Waals surface area contributed by atoms with E-state index in [1.54, 1.807) is 6.33 Å². The van der Waals surface area contributed by atoms with Gasteiger partial charge < -0.3 is 15.2 Å². The molecule has 0 aliphatic carbocycles. The maximum atomic E-state index is 12.9. The number of imidazole rings is 1. The Morgan fingerprint density at radius 1 is 1.00 bits per heavy atom. The molecule has 3 aromatic rings. The summed E-state index contributed by atoms with van der Waals surface area (Å²) in [6.07, 6.45) is -2.71. The first-order valence-electron chi connectivity index (χ1n) is 11.2. The summed E-state index contributed by atoms with van der Waals surface area (Å²) in [5, 5.41) is 6.54. The highest BCUT2D eigenvalue weighted by atomic mass is 19.4. The average Bonchev–Trinajstić information content (AvgIpc) is 3.13. The van der Waals surface area contributed by atoms with Gasteiger partial charge in [0.05, 0.1) is 18.4 Å². The zero-order valence-electron chi connectivity index (χ0n) is 19.7. The highest BCUT2D eigenvalue weighted by Gasteiger charge is 2.30. The van der Waals surface area contributed by atoms with Gasteiger partial charge in [0.1, 0.15) is 0 Å². The van der Waals surface area contributed by atoms with E-state index in [4.69, 9.17) is 0 Å². The molecule has 2 aromatic heterocycles. The van der Waals surface area contributed by atoms with Gasteiger partial charge in [0, 0.05) is 31.7 Å². The molecule has 0 atom stereocenters. The maximum absolute atomic E-state index is 12.9. The summed E-state index contributed by atoms with van der Waals surface area (Å²) in [4.78, 5) is 16.1. The Kier molecular flexibility index (Phi) is 7.78. The Labute approximate surface area is 192 Å². The van der Waals surface area contributed by atoms with E-state index < -0.39 is 11.7 Å². The van der Waals surface area contributed by atoms with Gasteiger partial charge in [-0.25, -0.2) is 4.98 Å². The molecule has 3 rings (SSSR count). The molecule has 2 N–H and O–H groups in total. The average molecular weight is 464 g/mol. The van der Waals surface area contributed by atoms with Crippen LogP contribution < -0.4 is 10.6 Å². The van der Waals surface area contributed by atoms with Gasteiger partial charge in [-0.15, -0.1) is 0 Å². The topological polar surface area (TPSA) is 70.9 Å². The number of benzene rings is 1. The van der Waals surface area contributed by atoms with Gasteiger partial charge in [-0.1, -0.05) is 12.1 Å². The van der Waals surface area contributed by atoms with Crippen molar-refractivity contribution < 1.29 is 13.2 Å². The quantitative estimate of drug-likeness (QED) is 0.448. The number of nitrogens with zero attached hydrogens (tertiary/aromatic N) is 5. The van der Waals surface area contributed by atoms with Gasteiger partial charge in [-0.2, -0.15) is 23.1 Å². The molecule has 0 fully saturated rings. The van der Waals surface area contributed by atoms with Crippen molar-refractivity contribution in [3.8, 4) is 0 Å². The Morgan fingerprint density at radius 3 is 2.24 bits per heavy atom. The van der Waals surface area contributed by atoms with Gasteiger partial charge in [-0.05, 0) is 52.3 Å². The van der Waals surface area contributed by atoms with Crippen LogP contribution in [-0.4, -0.2) is 56.1 Å². The fourth-order valence-electron chi connectivity index (χ4n) is 3.83. The molecule has 10 heteroatoms. The molecule has 0 saturated carbocycles. The van der Waals surface area contributed by atoms with Crippen molar-refractivity contribution in [1.82, 2.24) is 24.4 Å². The first-order chi connectivity index (χ1) is 15.6. The van der Waals surface area contributed by atoms with Crippen molar-refractivity contribution in [2.75, 3.05) is 30.3 Å². The Bertz CT molecular complexity index is 1030. The van der Waals surface area contributed by atoms with E-state index in [2.05, 4.69) is 58.2 Å². The minimum absolute atomic E-state index is 0.352. The predicted molar refractivity (Wildman–Crippen MR) is 126 cm³/mol.